The van der Waals surface area contributed by atoms with Gasteiger partial charge in [0.1, 0.15) is 0 Å². The minimum atomic E-state index is 0. The van der Waals surface area contributed by atoms with E-state index in [0.29, 0.717) is 0 Å². The van der Waals surface area contributed by atoms with Crippen LogP contribution in [0.15, 0.2) is 12.3 Å². The molecule has 4 heavy (non-hydrogen) atoms. The van der Waals surface area contributed by atoms with Crippen molar-refractivity contribution in [2.45, 2.75) is 0 Å². The zero-order chi connectivity index (χ0) is 2.71. The van der Waals surface area contributed by atoms with Gasteiger partial charge in [-0.25, -0.2) is 0 Å². The monoisotopic (exact) mass is 160 g/mol. The molecule has 0 rings (SSSR count). The summed E-state index contributed by atoms with van der Waals surface area (Å²) in [6, 6.07) is 0. The van der Waals surface area contributed by atoms with Gasteiger partial charge in [-0.15, -0.1) is 12.3 Å². The van der Waals surface area contributed by atoms with E-state index in [4.69, 9.17) is 0 Å². The molecule has 0 aromatic heterocycles. The van der Waals surface area contributed by atoms with Crippen molar-refractivity contribution in [2.75, 3.05) is 0 Å². The minimum absolute atomic E-state index is 0. The molecule has 0 saturated carbocycles. The van der Waals surface area contributed by atoms with E-state index < -0.39 is 0 Å². The molecule has 0 aliphatic rings. The summed E-state index contributed by atoms with van der Waals surface area (Å²) in [6.07, 6.45) is 0. The Morgan fingerprint density at radius 1 is 1.75 bits per heavy atom. The first-order chi connectivity index (χ1) is 1.41. The fourth-order valence-electron chi connectivity index (χ4n) is 0. The van der Waals surface area contributed by atoms with Crippen LogP contribution in [0, 0.1) is 0 Å². The summed E-state index contributed by atoms with van der Waals surface area (Å²) in [4.78, 5) is 0. The van der Waals surface area contributed by atoms with Crippen LogP contribution in [0.3, 0.4) is 0 Å². The number of hydrogen-bond acceptors (Lipinski definition) is 0. The molecule has 0 radical (unpaired) electrons. The van der Waals surface area contributed by atoms with Gasteiger partial charge in [0.05, 0.1) is 0 Å². The fourth-order valence-corrected chi connectivity index (χ4v) is 0. The summed E-state index contributed by atoms with van der Waals surface area (Å²) in [5.74, 6) is 0. The average molecular weight is 159 g/mol. The fraction of sp³-hybridized carbons (Fsp3) is 0. The van der Waals surface area contributed by atoms with E-state index in [1.807, 2.05) is 5.70 Å². The van der Waals surface area contributed by atoms with Crippen molar-refractivity contribution >= 4 is 10.2 Å². The Morgan fingerprint density at radius 2 is 1.75 bits per heavy atom. The molecule has 0 spiro atoms. The van der Waals surface area contributed by atoms with Crippen LogP contribution in [0.5, 0.6) is 0 Å². The van der Waals surface area contributed by atoms with Gasteiger partial charge in [-0.1, -0.05) is 0 Å². The molecule has 2 heteroatoms. The maximum Gasteiger partial charge on any atom is 0.0283 e. The molecule has 0 aliphatic carbocycles. The normalized spacial score (nSPS) is 4.00. The standard InChI is InChI=1S/C2H6Si.Ru/c1-2-3;/h2H,1H2,3H3;. The minimum Gasteiger partial charge on any atom is -0.112 e. The van der Waals surface area contributed by atoms with Crippen LogP contribution in [-0.2, 0) is 19.5 Å². The van der Waals surface area contributed by atoms with E-state index in [1.165, 1.54) is 0 Å². The molecule has 0 amide bonds. The van der Waals surface area contributed by atoms with Crippen LogP contribution < -0.4 is 0 Å². The predicted octanol–water partition coefficient (Wildman–Crippen LogP) is -0.507. The third-order valence-corrected chi connectivity index (χ3v) is 0. The first kappa shape index (κ1) is 8.82. The summed E-state index contributed by atoms with van der Waals surface area (Å²) in [7, 11) is 1.13. The Balaban J connectivity index is 0. The second-order valence-electron chi connectivity index (χ2n) is 0.408. The topological polar surface area (TPSA) is 0 Å². The maximum absolute atomic E-state index is 3.42. The van der Waals surface area contributed by atoms with Gasteiger partial charge in [0.15, 0.2) is 0 Å². The van der Waals surface area contributed by atoms with Gasteiger partial charge < -0.3 is 0 Å². The molecular weight excluding hydrogens is 153 g/mol. The van der Waals surface area contributed by atoms with Crippen molar-refractivity contribution in [3.05, 3.63) is 12.3 Å². The first-order valence-corrected chi connectivity index (χ1v) is 2.14. The first-order valence-electron chi connectivity index (χ1n) is 0.986. The van der Waals surface area contributed by atoms with E-state index >= 15 is 0 Å². The van der Waals surface area contributed by atoms with Gasteiger partial charge >= 0.3 is 0 Å². The van der Waals surface area contributed by atoms with Crippen LogP contribution in [0.25, 0.3) is 0 Å². The van der Waals surface area contributed by atoms with Crippen LogP contribution in [0.2, 0.25) is 0 Å². The molecule has 0 nitrogen and oxygen atoms in total. The summed E-state index contributed by atoms with van der Waals surface area (Å²) in [5, 5.41) is 0. The van der Waals surface area contributed by atoms with Crippen molar-refractivity contribution in [3.63, 3.8) is 0 Å². The zero-order valence-corrected chi connectivity index (χ0v) is 6.38. The van der Waals surface area contributed by atoms with Crippen molar-refractivity contribution in [2.24, 2.45) is 0 Å². The molecule has 0 aliphatic heterocycles. The van der Waals surface area contributed by atoms with Gasteiger partial charge in [0.25, 0.3) is 0 Å². The molecule has 0 saturated heterocycles. The maximum atomic E-state index is 3.42. The third-order valence-electron chi connectivity index (χ3n) is 0. The van der Waals surface area contributed by atoms with Gasteiger partial charge in [0.2, 0.25) is 0 Å². The summed E-state index contributed by atoms with van der Waals surface area (Å²) in [5.41, 5.74) is 1.89. The van der Waals surface area contributed by atoms with Crippen molar-refractivity contribution in [3.8, 4) is 0 Å². The van der Waals surface area contributed by atoms with Crippen LogP contribution in [0.4, 0.5) is 0 Å². The van der Waals surface area contributed by atoms with Gasteiger partial charge in [-0.2, -0.15) is 0 Å². The Kier molecular flexibility index (Phi) is 21.0. The molecule has 26 valence electrons. The van der Waals surface area contributed by atoms with Gasteiger partial charge in [0, 0.05) is 29.7 Å². The van der Waals surface area contributed by atoms with Crippen LogP contribution >= 0.6 is 0 Å². The molecule has 0 fully saturated rings. The summed E-state index contributed by atoms with van der Waals surface area (Å²) >= 11 is 0. The second-order valence-corrected chi connectivity index (χ2v) is 1.22. The third kappa shape index (κ3) is 19.1. The summed E-state index contributed by atoms with van der Waals surface area (Å²) < 4.78 is 0. The van der Waals surface area contributed by atoms with E-state index in [1.54, 1.807) is 0 Å². The SMILES string of the molecule is C=C[SiH3].[Ru]. The number of rotatable bonds is 0. The largest absolute Gasteiger partial charge is 0.112 e. The Labute approximate surface area is 42.5 Å². The van der Waals surface area contributed by atoms with Gasteiger partial charge in [-0.3, -0.25) is 0 Å². The van der Waals surface area contributed by atoms with E-state index in [9.17, 15) is 0 Å². The second kappa shape index (κ2) is 9.55. The van der Waals surface area contributed by atoms with Crippen molar-refractivity contribution in [1.82, 2.24) is 0 Å². The Bertz CT molecular complexity index is 13.5. The van der Waals surface area contributed by atoms with E-state index in [2.05, 4.69) is 6.58 Å². The van der Waals surface area contributed by atoms with Crippen LogP contribution in [0.1, 0.15) is 0 Å². The molecule has 0 N–H and O–H groups in total. The zero-order valence-electron chi connectivity index (χ0n) is 2.64. The summed E-state index contributed by atoms with van der Waals surface area (Å²) in [6.45, 7) is 3.42. The van der Waals surface area contributed by atoms with Crippen LogP contribution in [-0.4, -0.2) is 10.2 Å². The molecule has 0 atom stereocenters. The van der Waals surface area contributed by atoms with Gasteiger partial charge in [-0.05, 0) is 0 Å². The quantitative estimate of drug-likeness (QED) is 0.418. The molecule has 0 aromatic carbocycles. The molecule has 0 heterocycles. The number of hydrogen-bond donors (Lipinski definition) is 0. The molecule has 0 bridgehead atoms. The molecular formula is C2H6RuSi. The van der Waals surface area contributed by atoms with E-state index in [-0.39, 0.29) is 19.5 Å². The smallest absolute Gasteiger partial charge is 0.0283 e. The Morgan fingerprint density at radius 3 is 1.75 bits per heavy atom. The van der Waals surface area contributed by atoms with E-state index in [0.717, 1.165) is 10.2 Å². The Hall–Kier alpha value is 0.580. The molecule has 0 unspecified atom stereocenters. The average Bonchev–Trinajstić information content (AvgIpc) is 0.918. The van der Waals surface area contributed by atoms with Crippen molar-refractivity contribution in [1.29, 1.82) is 0 Å². The molecule has 0 aromatic rings. The predicted molar refractivity (Wildman–Crippen MR) is 20.1 cm³/mol. The van der Waals surface area contributed by atoms with Crippen molar-refractivity contribution < 1.29 is 19.5 Å².